The molecule has 0 aliphatic rings. The van der Waals surface area contributed by atoms with E-state index in [2.05, 4.69) is 58.5 Å². The van der Waals surface area contributed by atoms with Gasteiger partial charge in [-0.15, -0.1) is 0 Å². The lowest BCUT2D eigenvalue weighted by Crippen LogP contribution is -2.20. The van der Waals surface area contributed by atoms with Gasteiger partial charge in [0.2, 0.25) is 0 Å². The van der Waals surface area contributed by atoms with Crippen LogP contribution in [0.25, 0.3) is 0 Å². The van der Waals surface area contributed by atoms with Crippen molar-refractivity contribution in [1.82, 2.24) is 5.32 Å². The molecule has 106 valence electrons. The summed E-state index contributed by atoms with van der Waals surface area (Å²) < 4.78 is 6.51. The van der Waals surface area contributed by atoms with E-state index in [1.165, 1.54) is 11.1 Å². The van der Waals surface area contributed by atoms with Crippen LogP contribution in [0.4, 0.5) is 0 Å². The monoisotopic (exact) mass is 333 g/mol. The standard InChI is InChI=1S/C17H20BrNO/c1-3-16(13-8-6-9-15(18)11-13)19-12-14-7-4-5-10-17(14)20-2/h4-11,16,19H,3,12H2,1-2H3. The fourth-order valence-electron chi connectivity index (χ4n) is 2.30. The average molecular weight is 334 g/mol. The summed E-state index contributed by atoms with van der Waals surface area (Å²) in [6.07, 6.45) is 1.05. The molecule has 0 saturated carbocycles. The first-order chi connectivity index (χ1) is 9.74. The number of nitrogens with one attached hydrogen (secondary N) is 1. The van der Waals surface area contributed by atoms with Crippen LogP contribution in [0.5, 0.6) is 5.75 Å². The molecule has 0 bridgehead atoms. The van der Waals surface area contributed by atoms with Crippen molar-refractivity contribution in [2.45, 2.75) is 25.9 Å². The van der Waals surface area contributed by atoms with Gasteiger partial charge in [0, 0.05) is 22.6 Å². The summed E-state index contributed by atoms with van der Waals surface area (Å²) in [7, 11) is 1.71. The summed E-state index contributed by atoms with van der Waals surface area (Å²) in [5.74, 6) is 0.934. The quantitative estimate of drug-likeness (QED) is 0.827. The lowest BCUT2D eigenvalue weighted by Gasteiger charge is -2.18. The topological polar surface area (TPSA) is 21.3 Å². The number of rotatable bonds is 6. The molecule has 0 aliphatic carbocycles. The number of methoxy groups -OCH3 is 1. The lowest BCUT2D eigenvalue weighted by atomic mass is 10.0. The normalized spacial score (nSPS) is 12.2. The molecule has 0 aliphatic heterocycles. The number of para-hydroxylation sites is 1. The maximum atomic E-state index is 5.39. The number of benzene rings is 2. The predicted molar refractivity (Wildman–Crippen MR) is 87.0 cm³/mol. The third-order valence-electron chi connectivity index (χ3n) is 3.39. The van der Waals surface area contributed by atoms with Crippen molar-refractivity contribution in [3.8, 4) is 5.75 Å². The number of ether oxygens (including phenoxy) is 1. The molecule has 0 amide bonds. The molecule has 20 heavy (non-hydrogen) atoms. The van der Waals surface area contributed by atoms with Gasteiger partial charge in [-0.3, -0.25) is 0 Å². The number of hydrogen-bond acceptors (Lipinski definition) is 2. The van der Waals surface area contributed by atoms with Crippen molar-refractivity contribution in [2.75, 3.05) is 7.11 Å². The van der Waals surface area contributed by atoms with Crippen molar-refractivity contribution < 1.29 is 4.74 Å². The third kappa shape index (κ3) is 3.84. The fourth-order valence-corrected chi connectivity index (χ4v) is 2.72. The van der Waals surface area contributed by atoms with Crippen LogP contribution in [0.1, 0.15) is 30.5 Å². The highest BCUT2D eigenvalue weighted by Gasteiger charge is 2.10. The first kappa shape index (κ1) is 15.1. The molecule has 0 spiro atoms. The van der Waals surface area contributed by atoms with Gasteiger partial charge in [-0.25, -0.2) is 0 Å². The van der Waals surface area contributed by atoms with Gasteiger partial charge in [0.1, 0.15) is 5.75 Å². The van der Waals surface area contributed by atoms with Crippen molar-refractivity contribution in [1.29, 1.82) is 0 Å². The Morgan fingerprint density at radius 1 is 1.15 bits per heavy atom. The second-order valence-corrected chi connectivity index (χ2v) is 5.62. The zero-order valence-electron chi connectivity index (χ0n) is 11.9. The molecule has 2 rings (SSSR count). The molecule has 1 N–H and O–H groups in total. The molecule has 3 heteroatoms. The molecule has 0 heterocycles. The van der Waals surface area contributed by atoms with E-state index in [0.717, 1.165) is 23.2 Å². The molecular weight excluding hydrogens is 314 g/mol. The van der Waals surface area contributed by atoms with E-state index < -0.39 is 0 Å². The van der Waals surface area contributed by atoms with E-state index in [-0.39, 0.29) is 0 Å². The molecular formula is C17H20BrNO. The van der Waals surface area contributed by atoms with E-state index in [0.29, 0.717) is 6.04 Å². The Morgan fingerprint density at radius 2 is 1.95 bits per heavy atom. The largest absolute Gasteiger partial charge is 0.496 e. The second kappa shape index (κ2) is 7.46. The van der Waals surface area contributed by atoms with Crippen molar-refractivity contribution in [3.63, 3.8) is 0 Å². The van der Waals surface area contributed by atoms with E-state index in [1.807, 2.05) is 18.2 Å². The lowest BCUT2D eigenvalue weighted by molar-refractivity contribution is 0.404. The van der Waals surface area contributed by atoms with Gasteiger partial charge in [-0.05, 0) is 30.2 Å². The van der Waals surface area contributed by atoms with Crippen LogP contribution < -0.4 is 10.1 Å². The maximum absolute atomic E-state index is 5.39. The predicted octanol–water partition coefficient (Wildman–Crippen LogP) is 4.70. The Kier molecular flexibility index (Phi) is 5.62. The second-order valence-electron chi connectivity index (χ2n) is 4.71. The van der Waals surface area contributed by atoms with E-state index in [9.17, 15) is 0 Å². The molecule has 1 atom stereocenters. The Morgan fingerprint density at radius 3 is 2.65 bits per heavy atom. The summed E-state index contributed by atoms with van der Waals surface area (Å²) in [4.78, 5) is 0. The van der Waals surface area contributed by atoms with Gasteiger partial charge in [-0.2, -0.15) is 0 Å². The van der Waals surface area contributed by atoms with Gasteiger partial charge < -0.3 is 10.1 Å². The molecule has 0 aromatic heterocycles. The Hall–Kier alpha value is -1.32. The smallest absolute Gasteiger partial charge is 0.123 e. The highest BCUT2D eigenvalue weighted by molar-refractivity contribution is 9.10. The molecule has 1 unspecified atom stereocenters. The Labute approximate surface area is 129 Å². The average Bonchev–Trinajstić information content (AvgIpc) is 2.48. The van der Waals surface area contributed by atoms with Crippen LogP contribution in [0.15, 0.2) is 53.0 Å². The number of hydrogen-bond donors (Lipinski definition) is 1. The molecule has 0 radical (unpaired) electrons. The molecule has 2 aromatic carbocycles. The summed E-state index contributed by atoms with van der Waals surface area (Å²) in [6, 6.07) is 16.9. The highest BCUT2D eigenvalue weighted by atomic mass is 79.9. The van der Waals surface area contributed by atoms with Gasteiger partial charge in [0.25, 0.3) is 0 Å². The van der Waals surface area contributed by atoms with Crippen LogP contribution in [0.2, 0.25) is 0 Å². The fraction of sp³-hybridized carbons (Fsp3) is 0.294. The van der Waals surface area contributed by atoms with Crippen LogP contribution in [-0.4, -0.2) is 7.11 Å². The van der Waals surface area contributed by atoms with Crippen molar-refractivity contribution in [2.24, 2.45) is 0 Å². The van der Waals surface area contributed by atoms with Crippen LogP contribution in [0.3, 0.4) is 0 Å². The molecule has 0 fully saturated rings. The van der Waals surface area contributed by atoms with Gasteiger partial charge in [0.05, 0.1) is 7.11 Å². The third-order valence-corrected chi connectivity index (χ3v) is 3.88. The van der Waals surface area contributed by atoms with E-state index >= 15 is 0 Å². The van der Waals surface area contributed by atoms with E-state index in [4.69, 9.17) is 4.74 Å². The minimum atomic E-state index is 0.345. The van der Waals surface area contributed by atoms with Gasteiger partial charge in [-0.1, -0.05) is 53.2 Å². The molecule has 0 saturated heterocycles. The SMILES string of the molecule is CCC(NCc1ccccc1OC)c1cccc(Br)c1. The van der Waals surface area contributed by atoms with Crippen molar-refractivity contribution >= 4 is 15.9 Å². The van der Waals surface area contributed by atoms with Crippen LogP contribution in [0, 0.1) is 0 Å². The first-order valence-corrected chi connectivity index (χ1v) is 7.64. The van der Waals surface area contributed by atoms with Crippen LogP contribution >= 0.6 is 15.9 Å². The minimum Gasteiger partial charge on any atom is -0.496 e. The summed E-state index contributed by atoms with van der Waals surface area (Å²) in [6.45, 7) is 3.00. The van der Waals surface area contributed by atoms with Crippen molar-refractivity contribution in [3.05, 3.63) is 64.1 Å². The molecule has 2 aromatic rings. The Balaban J connectivity index is 2.08. The molecule has 2 nitrogen and oxygen atoms in total. The zero-order valence-corrected chi connectivity index (χ0v) is 13.5. The summed E-state index contributed by atoms with van der Waals surface area (Å²) in [5, 5.41) is 3.60. The highest BCUT2D eigenvalue weighted by Crippen LogP contribution is 2.23. The number of halogens is 1. The van der Waals surface area contributed by atoms with E-state index in [1.54, 1.807) is 7.11 Å². The van der Waals surface area contributed by atoms with Crippen LogP contribution in [-0.2, 0) is 6.54 Å². The maximum Gasteiger partial charge on any atom is 0.123 e. The Bertz CT molecular complexity index is 556. The van der Waals surface area contributed by atoms with Gasteiger partial charge >= 0.3 is 0 Å². The van der Waals surface area contributed by atoms with Gasteiger partial charge in [0.15, 0.2) is 0 Å². The first-order valence-electron chi connectivity index (χ1n) is 6.85. The zero-order chi connectivity index (χ0) is 14.4. The minimum absolute atomic E-state index is 0.345. The summed E-state index contributed by atoms with van der Waals surface area (Å²) in [5.41, 5.74) is 2.49. The summed E-state index contributed by atoms with van der Waals surface area (Å²) >= 11 is 3.53.